The van der Waals surface area contributed by atoms with E-state index in [0.29, 0.717) is 5.92 Å². The number of carbonyl (C=O) groups excluding carboxylic acids is 1. The molecular formula is C15H23NO2. The summed E-state index contributed by atoms with van der Waals surface area (Å²) < 4.78 is 5.43. The second-order valence-corrected chi connectivity index (χ2v) is 4.72. The van der Waals surface area contributed by atoms with Crippen LogP contribution in [0.15, 0.2) is 30.3 Å². The number of rotatable bonds is 7. The van der Waals surface area contributed by atoms with E-state index in [1.807, 2.05) is 37.4 Å². The van der Waals surface area contributed by atoms with E-state index in [1.54, 1.807) is 4.90 Å². The highest BCUT2D eigenvalue weighted by molar-refractivity contribution is 5.77. The molecule has 1 amide bonds. The average molecular weight is 249 g/mol. The molecule has 18 heavy (non-hydrogen) atoms. The van der Waals surface area contributed by atoms with Crippen LogP contribution in [0.5, 0.6) is 5.75 Å². The molecule has 0 spiro atoms. The number of para-hydroxylation sites is 1. The number of carbonyl (C=O) groups is 1. The van der Waals surface area contributed by atoms with Crippen molar-refractivity contribution < 1.29 is 9.53 Å². The van der Waals surface area contributed by atoms with Gasteiger partial charge in [-0.25, -0.2) is 0 Å². The smallest absolute Gasteiger partial charge is 0.260 e. The maximum absolute atomic E-state index is 11.8. The van der Waals surface area contributed by atoms with E-state index in [1.165, 1.54) is 0 Å². The predicted octanol–water partition coefficient (Wildman–Crippen LogP) is 2.96. The molecule has 3 nitrogen and oxygen atoms in total. The van der Waals surface area contributed by atoms with Crippen molar-refractivity contribution in [3.8, 4) is 5.75 Å². The minimum atomic E-state index is 0.0298. The molecule has 0 aliphatic carbocycles. The number of hydrogen-bond donors (Lipinski definition) is 0. The van der Waals surface area contributed by atoms with Crippen molar-refractivity contribution >= 4 is 5.91 Å². The lowest BCUT2D eigenvalue weighted by atomic mass is 10.1. The third-order valence-corrected chi connectivity index (χ3v) is 3.19. The van der Waals surface area contributed by atoms with Crippen molar-refractivity contribution in [2.45, 2.75) is 26.7 Å². The Balaban J connectivity index is 2.28. The van der Waals surface area contributed by atoms with E-state index in [2.05, 4.69) is 13.8 Å². The zero-order valence-electron chi connectivity index (χ0n) is 11.6. The molecule has 0 N–H and O–H groups in total. The number of amides is 1. The van der Waals surface area contributed by atoms with Gasteiger partial charge in [0.1, 0.15) is 5.75 Å². The van der Waals surface area contributed by atoms with Gasteiger partial charge >= 0.3 is 0 Å². The van der Waals surface area contributed by atoms with Crippen LogP contribution in [0.4, 0.5) is 0 Å². The Kier molecular flexibility index (Phi) is 6.26. The highest BCUT2D eigenvalue weighted by Crippen LogP contribution is 2.09. The number of nitrogens with zero attached hydrogens (tertiary/aromatic N) is 1. The monoisotopic (exact) mass is 249 g/mol. The van der Waals surface area contributed by atoms with Gasteiger partial charge in [-0.15, -0.1) is 0 Å². The summed E-state index contributed by atoms with van der Waals surface area (Å²) >= 11 is 0. The molecule has 3 heteroatoms. The van der Waals surface area contributed by atoms with Crippen molar-refractivity contribution in [2.75, 3.05) is 20.2 Å². The lowest BCUT2D eigenvalue weighted by molar-refractivity contribution is -0.132. The number of likely N-dealkylation sites (N-methyl/N-ethyl adjacent to an activating group) is 1. The van der Waals surface area contributed by atoms with Crippen LogP contribution < -0.4 is 4.74 Å². The Labute approximate surface area is 110 Å². The highest BCUT2D eigenvalue weighted by Gasteiger charge is 2.10. The molecule has 0 radical (unpaired) electrons. The van der Waals surface area contributed by atoms with E-state index < -0.39 is 0 Å². The van der Waals surface area contributed by atoms with Crippen molar-refractivity contribution in [3.63, 3.8) is 0 Å². The zero-order chi connectivity index (χ0) is 13.4. The summed E-state index contributed by atoms with van der Waals surface area (Å²) in [6.45, 7) is 5.29. The van der Waals surface area contributed by atoms with Crippen molar-refractivity contribution in [1.29, 1.82) is 0 Å². The number of ether oxygens (including phenoxy) is 1. The Morgan fingerprint density at radius 3 is 2.61 bits per heavy atom. The quantitative estimate of drug-likeness (QED) is 0.743. The summed E-state index contributed by atoms with van der Waals surface area (Å²) in [4.78, 5) is 13.6. The first kappa shape index (κ1) is 14.6. The molecule has 1 aromatic rings. The van der Waals surface area contributed by atoms with Gasteiger partial charge in [0.05, 0.1) is 0 Å². The topological polar surface area (TPSA) is 29.5 Å². The fourth-order valence-corrected chi connectivity index (χ4v) is 1.51. The molecule has 1 rings (SSSR count). The summed E-state index contributed by atoms with van der Waals surface area (Å²) in [5.74, 6) is 1.43. The molecule has 0 saturated heterocycles. The Morgan fingerprint density at radius 2 is 2.00 bits per heavy atom. The van der Waals surface area contributed by atoms with Crippen LogP contribution in [-0.4, -0.2) is 31.0 Å². The van der Waals surface area contributed by atoms with Gasteiger partial charge < -0.3 is 9.64 Å². The fraction of sp³-hybridized carbons (Fsp3) is 0.533. The van der Waals surface area contributed by atoms with Crippen molar-refractivity contribution in [3.05, 3.63) is 30.3 Å². The lowest BCUT2D eigenvalue weighted by Gasteiger charge is -2.19. The molecule has 0 aliphatic rings. The van der Waals surface area contributed by atoms with E-state index in [4.69, 9.17) is 4.74 Å². The standard InChI is InChI=1S/C15H23NO2/c1-4-13(2)10-11-16(3)15(17)12-18-14-8-6-5-7-9-14/h5-9,13H,4,10-12H2,1-3H3. The second kappa shape index (κ2) is 7.75. The van der Waals surface area contributed by atoms with Crippen LogP contribution >= 0.6 is 0 Å². The first-order valence-electron chi connectivity index (χ1n) is 6.55. The SMILES string of the molecule is CCC(C)CCN(C)C(=O)COc1ccccc1. The largest absolute Gasteiger partial charge is 0.484 e. The third kappa shape index (κ3) is 5.21. The predicted molar refractivity (Wildman–Crippen MR) is 73.6 cm³/mol. The molecule has 0 saturated carbocycles. The normalized spacial score (nSPS) is 11.9. The maximum Gasteiger partial charge on any atom is 0.260 e. The van der Waals surface area contributed by atoms with Gasteiger partial charge in [-0.3, -0.25) is 4.79 Å². The van der Waals surface area contributed by atoms with Crippen molar-refractivity contribution in [1.82, 2.24) is 4.90 Å². The molecular weight excluding hydrogens is 226 g/mol. The van der Waals surface area contributed by atoms with Gasteiger partial charge in [0.15, 0.2) is 6.61 Å². The first-order chi connectivity index (χ1) is 8.63. The minimum absolute atomic E-state index is 0.0298. The van der Waals surface area contributed by atoms with Crippen LogP contribution in [0.1, 0.15) is 26.7 Å². The van der Waals surface area contributed by atoms with E-state index in [9.17, 15) is 4.79 Å². The van der Waals surface area contributed by atoms with Crippen LogP contribution in [0.2, 0.25) is 0 Å². The van der Waals surface area contributed by atoms with Gasteiger partial charge in [0.2, 0.25) is 0 Å². The van der Waals surface area contributed by atoms with Gasteiger partial charge in [-0.05, 0) is 24.5 Å². The number of benzene rings is 1. The van der Waals surface area contributed by atoms with E-state index in [0.717, 1.165) is 25.1 Å². The molecule has 1 unspecified atom stereocenters. The molecule has 0 aromatic heterocycles. The maximum atomic E-state index is 11.8. The molecule has 0 heterocycles. The van der Waals surface area contributed by atoms with Gasteiger partial charge in [0.25, 0.3) is 5.91 Å². The molecule has 0 fully saturated rings. The fourth-order valence-electron chi connectivity index (χ4n) is 1.51. The summed E-state index contributed by atoms with van der Waals surface area (Å²) in [7, 11) is 1.83. The summed E-state index contributed by atoms with van der Waals surface area (Å²) in [6.07, 6.45) is 2.20. The molecule has 0 bridgehead atoms. The third-order valence-electron chi connectivity index (χ3n) is 3.19. The summed E-state index contributed by atoms with van der Waals surface area (Å²) in [6, 6.07) is 9.42. The molecule has 100 valence electrons. The molecule has 1 aromatic carbocycles. The minimum Gasteiger partial charge on any atom is -0.484 e. The number of hydrogen-bond acceptors (Lipinski definition) is 2. The van der Waals surface area contributed by atoms with Crippen LogP contribution in [0, 0.1) is 5.92 Å². The van der Waals surface area contributed by atoms with E-state index >= 15 is 0 Å². The van der Waals surface area contributed by atoms with Crippen LogP contribution in [0.25, 0.3) is 0 Å². The Bertz CT molecular complexity index is 351. The second-order valence-electron chi connectivity index (χ2n) is 4.72. The van der Waals surface area contributed by atoms with Gasteiger partial charge in [-0.1, -0.05) is 38.5 Å². The summed E-state index contributed by atoms with van der Waals surface area (Å²) in [5, 5.41) is 0. The van der Waals surface area contributed by atoms with E-state index in [-0.39, 0.29) is 12.5 Å². The van der Waals surface area contributed by atoms with Crippen molar-refractivity contribution in [2.24, 2.45) is 5.92 Å². The first-order valence-corrected chi connectivity index (χ1v) is 6.55. The Morgan fingerprint density at radius 1 is 1.33 bits per heavy atom. The lowest BCUT2D eigenvalue weighted by Crippen LogP contribution is -2.32. The average Bonchev–Trinajstić information content (AvgIpc) is 2.42. The molecule has 1 atom stereocenters. The highest BCUT2D eigenvalue weighted by atomic mass is 16.5. The summed E-state index contributed by atoms with van der Waals surface area (Å²) in [5.41, 5.74) is 0. The van der Waals surface area contributed by atoms with Gasteiger partial charge in [0, 0.05) is 13.6 Å². The van der Waals surface area contributed by atoms with Gasteiger partial charge in [-0.2, -0.15) is 0 Å². The van der Waals surface area contributed by atoms with Crippen LogP contribution in [-0.2, 0) is 4.79 Å². The Hall–Kier alpha value is -1.51. The van der Waals surface area contributed by atoms with Crippen LogP contribution in [0.3, 0.4) is 0 Å². The zero-order valence-corrected chi connectivity index (χ0v) is 11.6. The molecule has 0 aliphatic heterocycles.